The van der Waals surface area contributed by atoms with Crippen LogP contribution >= 0.6 is 0 Å². The maximum absolute atomic E-state index is 12.0. The molecule has 0 atom stereocenters. The number of esters is 1. The summed E-state index contributed by atoms with van der Waals surface area (Å²) in [4.78, 5) is 23.9. The molecule has 1 aromatic heterocycles. The van der Waals surface area contributed by atoms with E-state index in [-0.39, 0.29) is 0 Å². The molecule has 2 aromatic carbocycles. The number of aromatic nitrogens is 1. The smallest absolute Gasteiger partial charge is 0.418 e. The number of carbonyl (C=O) groups is 2. The van der Waals surface area contributed by atoms with E-state index < -0.39 is 12.1 Å². The Labute approximate surface area is 133 Å². The minimum atomic E-state index is -0.434. The number of hydrogen-bond donors (Lipinski definition) is 0. The summed E-state index contributed by atoms with van der Waals surface area (Å²) in [5.74, 6) is 0.00253. The quantitative estimate of drug-likeness (QED) is 0.544. The van der Waals surface area contributed by atoms with Gasteiger partial charge in [-0.05, 0) is 43.3 Å². The number of hydrogen-bond acceptors (Lipinski definition) is 4. The highest BCUT2D eigenvalue weighted by atomic mass is 16.5. The van der Waals surface area contributed by atoms with E-state index in [4.69, 9.17) is 9.47 Å². The van der Waals surface area contributed by atoms with Crippen molar-refractivity contribution in [2.75, 3.05) is 6.61 Å². The molecule has 1 heterocycles. The molecular formula is C18H15NO4. The number of carbonyl (C=O) groups excluding carboxylic acids is 2. The molecule has 0 spiro atoms. The summed E-state index contributed by atoms with van der Waals surface area (Å²) in [5.41, 5.74) is 1.18. The zero-order chi connectivity index (χ0) is 16.2. The van der Waals surface area contributed by atoms with Gasteiger partial charge in [-0.1, -0.05) is 18.2 Å². The summed E-state index contributed by atoms with van der Waals surface area (Å²) in [7, 11) is 0. The van der Waals surface area contributed by atoms with E-state index >= 15 is 0 Å². The van der Waals surface area contributed by atoms with Crippen LogP contribution in [-0.4, -0.2) is 23.2 Å². The van der Waals surface area contributed by atoms with E-state index in [1.54, 1.807) is 61.7 Å². The van der Waals surface area contributed by atoms with Crippen LogP contribution in [0, 0.1) is 0 Å². The molecule has 3 aromatic rings. The first-order valence-electron chi connectivity index (χ1n) is 7.24. The first-order chi connectivity index (χ1) is 11.2. The maximum atomic E-state index is 12.0. The lowest BCUT2D eigenvalue weighted by Crippen LogP contribution is -2.12. The number of fused-ring (bicyclic) bond motifs is 1. The molecule has 0 amide bonds. The molecule has 0 aliphatic rings. The molecule has 0 radical (unpaired) electrons. The largest absolute Gasteiger partial charge is 0.449 e. The SMILES string of the molecule is CCOC(=O)n1ccc2cc(OC(=O)c3ccccc3)ccc21. The Morgan fingerprint density at radius 3 is 2.57 bits per heavy atom. The highest BCUT2D eigenvalue weighted by molar-refractivity contribution is 5.93. The molecular weight excluding hydrogens is 294 g/mol. The maximum Gasteiger partial charge on any atom is 0.418 e. The van der Waals surface area contributed by atoms with Crippen LogP contribution in [-0.2, 0) is 4.74 Å². The van der Waals surface area contributed by atoms with E-state index in [1.807, 2.05) is 6.07 Å². The van der Waals surface area contributed by atoms with E-state index in [0.29, 0.717) is 23.4 Å². The minimum absolute atomic E-state index is 0.311. The van der Waals surface area contributed by atoms with Crippen LogP contribution in [0.2, 0.25) is 0 Å². The van der Waals surface area contributed by atoms with Crippen LogP contribution in [0.25, 0.3) is 10.9 Å². The Hall–Kier alpha value is -3.08. The first-order valence-corrected chi connectivity index (χ1v) is 7.24. The van der Waals surface area contributed by atoms with Crippen molar-refractivity contribution in [3.63, 3.8) is 0 Å². The van der Waals surface area contributed by atoms with Gasteiger partial charge in [0.15, 0.2) is 0 Å². The number of benzene rings is 2. The van der Waals surface area contributed by atoms with Crippen LogP contribution in [0.4, 0.5) is 4.79 Å². The zero-order valence-electron chi connectivity index (χ0n) is 12.6. The van der Waals surface area contributed by atoms with Crippen molar-refractivity contribution < 1.29 is 19.1 Å². The number of ether oxygens (including phenoxy) is 2. The zero-order valence-corrected chi connectivity index (χ0v) is 12.6. The lowest BCUT2D eigenvalue weighted by Gasteiger charge is -2.06. The van der Waals surface area contributed by atoms with E-state index in [2.05, 4.69) is 0 Å². The molecule has 0 unspecified atom stereocenters. The predicted octanol–water partition coefficient (Wildman–Crippen LogP) is 3.87. The van der Waals surface area contributed by atoms with Crippen molar-refractivity contribution in [1.29, 1.82) is 0 Å². The second kappa shape index (κ2) is 6.36. The fourth-order valence-corrected chi connectivity index (χ4v) is 2.28. The van der Waals surface area contributed by atoms with Crippen LogP contribution < -0.4 is 4.74 Å². The summed E-state index contributed by atoms with van der Waals surface area (Å²) >= 11 is 0. The Bertz CT molecular complexity index is 852. The van der Waals surface area contributed by atoms with Gasteiger partial charge >= 0.3 is 12.1 Å². The normalized spacial score (nSPS) is 10.5. The van der Waals surface area contributed by atoms with Crippen molar-refractivity contribution >= 4 is 23.0 Å². The highest BCUT2D eigenvalue weighted by Gasteiger charge is 2.12. The highest BCUT2D eigenvalue weighted by Crippen LogP contribution is 2.23. The third-order valence-electron chi connectivity index (χ3n) is 3.35. The first kappa shape index (κ1) is 14.8. The van der Waals surface area contributed by atoms with Gasteiger partial charge in [0.2, 0.25) is 0 Å². The molecule has 0 saturated carbocycles. The van der Waals surface area contributed by atoms with Gasteiger partial charge in [0.25, 0.3) is 0 Å². The molecule has 0 aliphatic carbocycles. The van der Waals surface area contributed by atoms with Gasteiger partial charge in [-0.25, -0.2) is 9.59 Å². The lowest BCUT2D eigenvalue weighted by molar-refractivity contribution is 0.0735. The fourth-order valence-electron chi connectivity index (χ4n) is 2.28. The van der Waals surface area contributed by atoms with Gasteiger partial charge in [-0.3, -0.25) is 4.57 Å². The summed E-state index contributed by atoms with van der Waals surface area (Å²) < 4.78 is 11.8. The Morgan fingerprint density at radius 1 is 1.04 bits per heavy atom. The van der Waals surface area contributed by atoms with Crippen LogP contribution in [0.15, 0.2) is 60.8 Å². The molecule has 5 nitrogen and oxygen atoms in total. The fraction of sp³-hybridized carbons (Fsp3) is 0.111. The van der Waals surface area contributed by atoms with Crippen molar-refractivity contribution in [1.82, 2.24) is 4.57 Å². The summed E-state index contributed by atoms with van der Waals surface area (Å²) in [6.45, 7) is 2.07. The third-order valence-corrected chi connectivity index (χ3v) is 3.35. The second-order valence-electron chi connectivity index (χ2n) is 4.86. The van der Waals surface area contributed by atoms with E-state index in [0.717, 1.165) is 5.39 Å². The van der Waals surface area contributed by atoms with E-state index in [9.17, 15) is 9.59 Å². The van der Waals surface area contributed by atoms with Crippen molar-refractivity contribution in [3.8, 4) is 5.75 Å². The standard InChI is InChI=1S/C18H15NO4/c1-2-22-18(21)19-11-10-14-12-15(8-9-16(14)19)23-17(20)13-6-4-3-5-7-13/h3-12H,2H2,1H3. The molecule has 23 heavy (non-hydrogen) atoms. The minimum Gasteiger partial charge on any atom is -0.449 e. The van der Waals surface area contributed by atoms with Gasteiger partial charge in [-0.2, -0.15) is 0 Å². The Balaban J connectivity index is 1.84. The molecule has 3 rings (SSSR count). The second-order valence-corrected chi connectivity index (χ2v) is 4.86. The Kier molecular flexibility index (Phi) is 4.10. The van der Waals surface area contributed by atoms with Gasteiger partial charge < -0.3 is 9.47 Å². The van der Waals surface area contributed by atoms with Gasteiger partial charge in [-0.15, -0.1) is 0 Å². The Morgan fingerprint density at radius 2 is 1.83 bits per heavy atom. The monoisotopic (exact) mass is 309 g/mol. The van der Waals surface area contributed by atoms with Crippen molar-refractivity contribution in [3.05, 3.63) is 66.4 Å². The molecule has 0 saturated heterocycles. The molecule has 116 valence electrons. The molecule has 0 fully saturated rings. The average molecular weight is 309 g/mol. The van der Waals surface area contributed by atoms with Crippen molar-refractivity contribution in [2.24, 2.45) is 0 Å². The number of rotatable bonds is 3. The molecule has 0 N–H and O–H groups in total. The molecule has 0 bridgehead atoms. The predicted molar refractivity (Wildman–Crippen MR) is 85.8 cm³/mol. The van der Waals surface area contributed by atoms with E-state index in [1.165, 1.54) is 4.57 Å². The molecule has 5 heteroatoms. The third kappa shape index (κ3) is 3.08. The summed E-state index contributed by atoms with van der Waals surface area (Å²) in [6.07, 6.45) is 1.20. The van der Waals surface area contributed by atoms with Gasteiger partial charge in [0, 0.05) is 11.6 Å². The topological polar surface area (TPSA) is 57.5 Å². The average Bonchev–Trinajstić information content (AvgIpc) is 2.99. The van der Waals surface area contributed by atoms with Gasteiger partial charge in [0.05, 0.1) is 17.7 Å². The van der Waals surface area contributed by atoms with Crippen LogP contribution in [0.5, 0.6) is 5.75 Å². The van der Waals surface area contributed by atoms with Crippen LogP contribution in [0.1, 0.15) is 17.3 Å². The lowest BCUT2D eigenvalue weighted by atomic mass is 10.2. The summed E-state index contributed by atoms with van der Waals surface area (Å²) in [6, 6.07) is 15.6. The van der Waals surface area contributed by atoms with Gasteiger partial charge in [0.1, 0.15) is 5.75 Å². The molecule has 0 aliphatic heterocycles. The van der Waals surface area contributed by atoms with Crippen molar-refractivity contribution in [2.45, 2.75) is 6.92 Å². The number of nitrogens with zero attached hydrogens (tertiary/aromatic N) is 1. The van der Waals surface area contributed by atoms with Crippen LogP contribution in [0.3, 0.4) is 0 Å². The summed E-state index contributed by atoms with van der Waals surface area (Å²) in [5, 5.41) is 0.788.